The van der Waals surface area contributed by atoms with Gasteiger partial charge in [0.05, 0.1) is 18.6 Å². The molecule has 0 aliphatic rings. The summed E-state index contributed by atoms with van der Waals surface area (Å²) in [7, 11) is 0. The first-order chi connectivity index (χ1) is 7.63. The summed E-state index contributed by atoms with van der Waals surface area (Å²) in [6, 6.07) is 8.44. The van der Waals surface area contributed by atoms with Crippen molar-refractivity contribution in [3.8, 4) is 0 Å². The van der Waals surface area contributed by atoms with Gasteiger partial charge in [0.1, 0.15) is 0 Å². The lowest BCUT2D eigenvalue weighted by Crippen LogP contribution is -2.12. The number of hydrogen-bond acceptors (Lipinski definition) is 4. The van der Waals surface area contributed by atoms with Crippen LogP contribution in [-0.4, -0.2) is 27.8 Å². The summed E-state index contributed by atoms with van der Waals surface area (Å²) in [6.45, 7) is 0. The summed E-state index contributed by atoms with van der Waals surface area (Å²) < 4.78 is 0. The zero-order chi connectivity index (χ0) is 12.0. The maximum absolute atomic E-state index is 11.6. The highest BCUT2D eigenvalue weighted by molar-refractivity contribution is 6.13. The van der Waals surface area contributed by atoms with Crippen LogP contribution in [0.1, 0.15) is 23.2 Å². The number of Topliss-reactive ketones (excluding diaryl/α,β-unsaturated/α-hetero) is 1. The van der Waals surface area contributed by atoms with Gasteiger partial charge in [-0.1, -0.05) is 35.5 Å². The van der Waals surface area contributed by atoms with Crippen molar-refractivity contribution >= 4 is 17.5 Å². The molecular weight excluding hydrogens is 210 g/mol. The van der Waals surface area contributed by atoms with E-state index in [1.54, 1.807) is 30.3 Å². The van der Waals surface area contributed by atoms with Crippen LogP contribution in [0.25, 0.3) is 0 Å². The Kier molecular flexibility index (Phi) is 4.20. The van der Waals surface area contributed by atoms with E-state index in [0.717, 1.165) is 0 Å². The van der Waals surface area contributed by atoms with Crippen LogP contribution in [0.2, 0.25) is 0 Å². The number of carbonyl (C=O) groups is 2. The summed E-state index contributed by atoms with van der Waals surface area (Å²) in [6.07, 6.45) is -0.623. The van der Waals surface area contributed by atoms with E-state index < -0.39 is 12.4 Å². The van der Waals surface area contributed by atoms with E-state index >= 15 is 0 Å². The molecule has 0 aromatic heterocycles. The number of carbonyl (C=O) groups excluding carboxylic acids is 1. The molecule has 1 rings (SSSR count). The number of hydrogen-bond donors (Lipinski definition) is 2. The number of oxime groups is 1. The lowest BCUT2D eigenvalue weighted by atomic mass is 10.0. The quantitative estimate of drug-likeness (QED) is 0.342. The van der Waals surface area contributed by atoms with Crippen molar-refractivity contribution in [3.63, 3.8) is 0 Å². The summed E-state index contributed by atoms with van der Waals surface area (Å²) >= 11 is 0. The fraction of sp³-hybridized carbons (Fsp3) is 0.182. The minimum absolute atomic E-state index is 0.0543. The van der Waals surface area contributed by atoms with Gasteiger partial charge in [0, 0.05) is 5.56 Å². The fourth-order valence-corrected chi connectivity index (χ4v) is 1.22. The number of rotatable bonds is 5. The van der Waals surface area contributed by atoms with Gasteiger partial charge in [-0.25, -0.2) is 0 Å². The molecule has 84 valence electrons. The lowest BCUT2D eigenvalue weighted by molar-refractivity contribution is -0.135. The Morgan fingerprint density at radius 1 is 1.12 bits per heavy atom. The fourth-order valence-electron chi connectivity index (χ4n) is 1.22. The van der Waals surface area contributed by atoms with E-state index in [-0.39, 0.29) is 17.9 Å². The summed E-state index contributed by atoms with van der Waals surface area (Å²) in [4.78, 5) is 22.0. The molecule has 16 heavy (non-hydrogen) atoms. The van der Waals surface area contributed by atoms with Crippen LogP contribution in [-0.2, 0) is 4.79 Å². The molecule has 0 fully saturated rings. The molecule has 2 N–H and O–H groups in total. The van der Waals surface area contributed by atoms with E-state index in [1.807, 2.05) is 0 Å². The Balaban J connectivity index is 2.67. The van der Waals surface area contributed by atoms with Crippen LogP contribution >= 0.6 is 0 Å². The van der Waals surface area contributed by atoms with Crippen LogP contribution in [0.5, 0.6) is 0 Å². The van der Waals surface area contributed by atoms with Gasteiger partial charge in [0.2, 0.25) is 0 Å². The van der Waals surface area contributed by atoms with Crippen LogP contribution in [0, 0.1) is 0 Å². The Labute approximate surface area is 92.0 Å². The molecule has 5 heteroatoms. The maximum atomic E-state index is 11.6. The number of nitrogens with zero attached hydrogens (tertiary/aromatic N) is 1. The summed E-state index contributed by atoms with van der Waals surface area (Å²) in [5.74, 6) is -1.40. The molecule has 0 aliphatic heterocycles. The van der Waals surface area contributed by atoms with Crippen molar-refractivity contribution in [2.75, 3.05) is 0 Å². The molecule has 0 spiro atoms. The molecule has 0 bridgehead atoms. The van der Waals surface area contributed by atoms with Crippen molar-refractivity contribution in [2.24, 2.45) is 5.16 Å². The molecule has 1 aromatic rings. The predicted molar refractivity (Wildman–Crippen MR) is 56.9 cm³/mol. The third-order valence-electron chi connectivity index (χ3n) is 1.96. The maximum Gasteiger partial charge on any atom is 0.309 e. The molecule has 1 aromatic carbocycles. The second-order valence-corrected chi connectivity index (χ2v) is 3.20. The third kappa shape index (κ3) is 3.53. The first-order valence-corrected chi connectivity index (χ1v) is 4.63. The van der Waals surface area contributed by atoms with Gasteiger partial charge in [-0.05, 0) is 0 Å². The summed E-state index contributed by atoms with van der Waals surface area (Å²) in [5.41, 5.74) is 0.412. The number of benzene rings is 1. The van der Waals surface area contributed by atoms with E-state index in [0.29, 0.717) is 5.56 Å². The van der Waals surface area contributed by atoms with Crippen molar-refractivity contribution < 1.29 is 19.9 Å². The normalized spacial score (nSPS) is 11.1. The van der Waals surface area contributed by atoms with Crippen LogP contribution in [0.15, 0.2) is 35.5 Å². The molecule has 0 amide bonds. The molecule has 0 heterocycles. The van der Waals surface area contributed by atoms with Crippen molar-refractivity contribution in [1.29, 1.82) is 0 Å². The molecule has 0 atom stereocenters. The molecule has 0 unspecified atom stereocenters. The molecular formula is C11H11NO4. The van der Waals surface area contributed by atoms with Gasteiger partial charge in [-0.3, -0.25) is 9.59 Å². The number of carboxylic acid groups (broad SMARTS) is 1. The van der Waals surface area contributed by atoms with E-state index in [4.69, 9.17) is 10.3 Å². The highest BCUT2D eigenvalue weighted by Gasteiger charge is 2.13. The van der Waals surface area contributed by atoms with E-state index in [1.165, 1.54) is 0 Å². The molecule has 0 saturated carbocycles. The van der Waals surface area contributed by atoms with E-state index in [9.17, 15) is 9.59 Å². The Hall–Kier alpha value is -2.17. The van der Waals surface area contributed by atoms with Crippen LogP contribution in [0.3, 0.4) is 0 Å². The molecule has 0 aliphatic carbocycles. The van der Waals surface area contributed by atoms with Gasteiger partial charge >= 0.3 is 5.97 Å². The second-order valence-electron chi connectivity index (χ2n) is 3.20. The largest absolute Gasteiger partial charge is 0.481 e. The monoisotopic (exact) mass is 221 g/mol. The average molecular weight is 221 g/mol. The minimum Gasteiger partial charge on any atom is -0.481 e. The lowest BCUT2D eigenvalue weighted by Gasteiger charge is -2.01. The zero-order valence-electron chi connectivity index (χ0n) is 8.46. The Morgan fingerprint density at radius 3 is 2.25 bits per heavy atom. The first-order valence-electron chi connectivity index (χ1n) is 4.63. The standard InChI is InChI=1S/C11H11NO4/c13-10(8-4-2-1-3-5-8)6-9(12-16)7-11(14)15/h1-5,16H,6-7H2,(H,14,15)/b12-9+. The van der Waals surface area contributed by atoms with Crippen molar-refractivity contribution in [3.05, 3.63) is 35.9 Å². The highest BCUT2D eigenvalue weighted by atomic mass is 16.4. The highest BCUT2D eigenvalue weighted by Crippen LogP contribution is 2.05. The second kappa shape index (κ2) is 5.65. The average Bonchev–Trinajstić information content (AvgIpc) is 2.28. The topological polar surface area (TPSA) is 87.0 Å². The van der Waals surface area contributed by atoms with Crippen LogP contribution < -0.4 is 0 Å². The van der Waals surface area contributed by atoms with Gasteiger partial charge in [-0.2, -0.15) is 0 Å². The summed E-state index contributed by atoms with van der Waals surface area (Å²) in [5, 5.41) is 19.8. The Morgan fingerprint density at radius 2 is 1.75 bits per heavy atom. The first kappa shape index (κ1) is 11.9. The molecule has 5 nitrogen and oxygen atoms in total. The number of carboxylic acids is 1. The van der Waals surface area contributed by atoms with Gasteiger partial charge in [-0.15, -0.1) is 0 Å². The molecule has 0 saturated heterocycles. The van der Waals surface area contributed by atoms with Gasteiger partial charge in [0.15, 0.2) is 5.78 Å². The van der Waals surface area contributed by atoms with Crippen molar-refractivity contribution in [1.82, 2.24) is 0 Å². The van der Waals surface area contributed by atoms with Crippen molar-refractivity contribution in [2.45, 2.75) is 12.8 Å². The SMILES string of the molecule is O=C(O)C/C(CC(=O)c1ccccc1)=N/O. The minimum atomic E-state index is -1.13. The molecule has 0 radical (unpaired) electrons. The zero-order valence-corrected chi connectivity index (χ0v) is 8.46. The van der Waals surface area contributed by atoms with Gasteiger partial charge in [0.25, 0.3) is 0 Å². The number of aliphatic carboxylic acids is 1. The van der Waals surface area contributed by atoms with E-state index in [2.05, 4.69) is 5.16 Å². The third-order valence-corrected chi connectivity index (χ3v) is 1.96. The van der Waals surface area contributed by atoms with Gasteiger partial charge < -0.3 is 10.3 Å². The smallest absolute Gasteiger partial charge is 0.309 e. The predicted octanol–water partition coefficient (Wildman–Crippen LogP) is 1.56. The van der Waals surface area contributed by atoms with Crippen LogP contribution in [0.4, 0.5) is 0 Å². The Bertz CT molecular complexity index is 411. The number of ketones is 1.